The number of carbonyl (C=O) groups is 1. The third-order valence-corrected chi connectivity index (χ3v) is 4.67. The van der Waals surface area contributed by atoms with Gasteiger partial charge in [-0.15, -0.1) is 0 Å². The van der Waals surface area contributed by atoms with Crippen molar-refractivity contribution in [3.05, 3.63) is 28.2 Å². The van der Waals surface area contributed by atoms with Crippen molar-refractivity contribution in [3.8, 4) is 0 Å². The Morgan fingerprint density at radius 1 is 1.19 bits per heavy atom. The van der Waals surface area contributed by atoms with Crippen LogP contribution in [0, 0.1) is 5.92 Å². The first kappa shape index (κ1) is 16.6. The van der Waals surface area contributed by atoms with Gasteiger partial charge in [0.15, 0.2) is 0 Å². The predicted octanol–water partition coefficient (Wildman–Crippen LogP) is 4.49. The summed E-state index contributed by atoms with van der Waals surface area (Å²) in [6.07, 6.45) is 6.04. The average Bonchev–Trinajstić information content (AvgIpc) is 2.65. The number of amides is 1. The number of nitrogens with one attached hydrogen (secondary N) is 2. The molecule has 1 aromatic rings. The summed E-state index contributed by atoms with van der Waals surface area (Å²) in [5, 5.41) is 7.04. The Labute approximate surface area is 136 Å². The molecule has 3 nitrogen and oxygen atoms in total. The summed E-state index contributed by atoms with van der Waals surface area (Å²) in [4.78, 5) is 12.0. The molecule has 0 saturated heterocycles. The fraction of sp³-hybridized carbons (Fsp3) is 0.562. The van der Waals surface area contributed by atoms with Crippen molar-refractivity contribution >= 4 is 34.8 Å². The van der Waals surface area contributed by atoms with Crippen LogP contribution in [0.3, 0.4) is 0 Å². The zero-order valence-corrected chi connectivity index (χ0v) is 13.8. The predicted molar refractivity (Wildman–Crippen MR) is 89.1 cm³/mol. The van der Waals surface area contributed by atoms with Gasteiger partial charge in [-0.3, -0.25) is 4.79 Å². The number of carbonyl (C=O) groups excluding carboxylic acids is 1. The maximum atomic E-state index is 12.0. The van der Waals surface area contributed by atoms with Crippen molar-refractivity contribution in [1.82, 2.24) is 5.32 Å². The van der Waals surface area contributed by atoms with Crippen LogP contribution >= 0.6 is 23.2 Å². The van der Waals surface area contributed by atoms with Gasteiger partial charge < -0.3 is 10.6 Å². The summed E-state index contributed by atoms with van der Waals surface area (Å²) >= 11 is 12.1. The van der Waals surface area contributed by atoms with E-state index in [0.29, 0.717) is 28.3 Å². The van der Waals surface area contributed by atoms with Crippen molar-refractivity contribution < 1.29 is 4.79 Å². The van der Waals surface area contributed by atoms with Crippen LogP contribution in [0.4, 0.5) is 5.69 Å². The molecule has 2 N–H and O–H groups in total. The van der Waals surface area contributed by atoms with Gasteiger partial charge in [0.25, 0.3) is 0 Å². The number of rotatable bonds is 4. The highest BCUT2D eigenvalue weighted by atomic mass is 35.5. The summed E-state index contributed by atoms with van der Waals surface area (Å²) in [5.74, 6) is 0.690. The van der Waals surface area contributed by atoms with E-state index in [-0.39, 0.29) is 5.91 Å². The van der Waals surface area contributed by atoms with Crippen molar-refractivity contribution in [3.63, 3.8) is 0 Å². The summed E-state index contributed by atoms with van der Waals surface area (Å²) in [7, 11) is 0. The quantitative estimate of drug-likeness (QED) is 0.799. The van der Waals surface area contributed by atoms with Crippen LogP contribution in [0.25, 0.3) is 0 Å². The van der Waals surface area contributed by atoms with E-state index >= 15 is 0 Å². The third kappa shape index (κ3) is 5.17. The van der Waals surface area contributed by atoms with Gasteiger partial charge in [-0.1, -0.05) is 49.0 Å². The van der Waals surface area contributed by atoms with E-state index in [1.54, 1.807) is 18.2 Å². The van der Waals surface area contributed by atoms with Crippen molar-refractivity contribution in [2.75, 3.05) is 11.9 Å². The van der Waals surface area contributed by atoms with Gasteiger partial charge in [0.2, 0.25) is 5.91 Å². The van der Waals surface area contributed by atoms with Gasteiger partial charge in [-0.05, 0) is 37.3 Å². The van der Waals surface area contributed by atoms with Gasteiger partial charge >= 0.3 is 0 Å². The Kier molecular flexibility index (Phi) is 6.34. The minimum absolute atomic E-state index is 0.109. The molecule has 0 aromatic heterocycles. The minimum atomic E-state index is -0.109. The molecule has 0 bridgehead atoms. The van der Waals surface area contributed by atoms with Crippen LogP contribution in [0.15, 0.2) is 18.2 Å². The highest BCUT2D eigenvalue weighted by Gasteiger charge is 2.17. The molecule has 1 amide bonds. The van der Waals surface area contributed by atoms with E-state index in [1.807, 2.05) is 0 Å². The molecule has 1 fully saturated rings. The number of benzene rings is 1. The van der Waals surface area contributed by atoms with E-state index in [0.717, 1.165) is 18.8 Å². The molecule has 0 spiro atoms. The molecule has 116 valence electrons. The lowest BCUT2D eigenvalue weighted by atomic mass is 10.0. The summed E-state index contributed by atoms with van der Waals surface area (Å²) < 4.78 is 0. The van der Waals surface area contributed by atoms with Crippen LogP contribution < -0.4 is 10.6 Å². The molecule has 2 rings (SSSR count). The first-order valence-corrected chi connectivity index (χ1v) is 8.29. The first-order chi connectivity index (χ1) is 10.1. The number of halogens is 2. The van der Waals surface area contributed by atoms with Crippen LogP contribution in [-0.4, -0.2) is 18.5 Å². The molecule has 2 unspecified atom stereocenters. The Morgan fingerprint density at radius 2 is 1.90 bits per heavy atom. The first-order valence-electron chi connectivity index (χ1n) is 7.53. The third-order valence-electron chi connectivity index (χ3n) is 4.04. The molecule has 21 heavy (non-hydrogen) atoms. The second-order valence-electron chi connectivity index (χ2n) is 5.84. The molecule has 0 radical (unpaired) electrons. The SMILES string of the molecule is CC1CCCC(NCC(=O)Nc2c(Cl)cccc2Cl)CC1. The van der Waals surface area contributed by atoms with Gasteiger partial charge in [0, 0.05) is 6.04 Å². The van der Waals surface area contributed by atoms with E-state index in [2.05, 4.69) is 17.6 Å². The highest BCUT2D eigenvalue weighted by molar-refractivity contribution is 6.39. The number of hydrogen-bond donors (Lipinski definition) is 2. The van der Waals surface area contributed by atoms with E-state index in [1.165, 1.54) is 19.3 Å². The molecule has 1 aliphatic carbocycles. The van der Waals surface area contributed by atoms with Crippen molar-refractivity contribution in [2.24, 2.45) is 5.92 Å². The molecule has 1 aromatic carbocycles. The molecule has 2 atom stereocenters. The largest absolute Gasteiger partial charge is 0.322 e. The highest BCUT2D eigenvalue weighted by Crippen LogP contribution is 2.29. The Morgan fingerprint density at radius 3 is 2.62 bits per heavy atom. The van der Waals surface area contributed by atoms with E-state index in [9.17, 15) is 4.79 Å². The van der Waals surface area contributed by atoms with Crippen molar-refractivity contribution in [2.45, 2.75) is 45.1 Å². The summed E-state index contributed by atoms with van der Waals surface area (Å²) in [6.45, 7) is 2.59. The zero-order chi connectivity index (χ0) is 15.2. The molecule has 1 saturated carbocycles. The van der Waals surface area contributed by atoms with Gasteiger partial charge in [-0.2, -0.15) is 0 Å². The van der Waals surface area contributed by atoms with Gasteiger partial charge in [-0.25, -0.2) is 0 Å². The molecular formula is C16H22Cl2N2O. The standard InChI is InChI=1S/C16H22Cl2N2O/c1-11-4-2-5-12(9-8-11)19-10-15(21)20-16-13(17)6-3-7-14(16)18/h3,6-7,11-12,19H,2,4-5,8-10H2,1H3,(H,20,21). The van der Waals surface area contributed by atoms with Crippen molar-refractivity contribution in [1.29, 1.82) is 0 Å². The Balaban J connectivity index is 1.82. The van der Waals surface area contributed by atoms with Crippen LogP contribution in [0.5, 0.6) is 0 Å². The molecule has 0 aliphatic heterocycles. The lowest BCUT2D eigenvalue weighted by molar-refractivity contribution is -0.115. The number of anilines is 1. The summed E-state index contributed by atoms with van der Waals surface area (Å²) in [5.41, 5.74) is 0.488. The van der Waals surface area contributed by atoms with E-state index in [4.69, 9.17) is 23.2 Å². The molecule has 5 heteroatoms. The minimum Gasteiger partial charge on any atom is -0.322 e. The fourth-order valence-corrected chi connectivity index (χ4v) is 3.22. The Bertz CT molecular complexity index is 473. The second kappa shape index (κ2) is 8.02. The normalized spacial score (nSPS) is 22.6. The van der Waals surface area contributed by atoms with Gasteiger partial charge in [0.1, 0.15) is 0 Å². The van der Waals surface area contributed by atoms with Crippen LogP contribution in [-0.2, 0) is 4.79 Å². The Hall–Kier alpha value is -0.770. The number of para-hydroxylation sites is 1. The monoisotopic (exact) mass is 328 g/mol. The zero-order valence-electron chi connectivity index (χ0n) is 12.3. The average molecular weight is 329 g/mol. The maximum absolute atomic E-state index is 12.0. The van der Waals surface area contributed by atoms with Crippen LogP contribution in [0.1, 0.15) is 39.0 Å². The van der Waals surface area contributed by atoms with Gasteiger partial charge in [0.05, 0.1) is 22.3 Å². The lowest BCUT2D eigenvalue weighted by Crippen LogP contribution is -2.36. The summed E-state index contributed by atoms with van der Waals surface area (Å²) in [6, 6.07) is 5.61. The molecule has 0 heterocycles. The second-order valence-corrected chi connectivity index (χ2v) is 6.65. The number of hydrogen-bond acceptors (Lipinski definition) is 2. The molecule has 1 aliphatic rings. The fourth-order valence-electron chi connectivity index (χ4n) is 2.73. The lowest BCUT2D eigenvalue weighted by Gasteiger charge is -2.16. The smallest absolute Gasteiger partial charge is 0.238 e. The van der Waals surface area contributed by atoms with Crippen LogP contribution in [0.2, 0.25) is 10.0 Å². The molecular weight excluding hydrogens is 307 g/mol. The maximum Gasteiger partial charge on any atom is 0.238 e. The van der Waals surface area contributed by atoms with E-state index < -0.39 is 0 Å². The topological polar surface area (TPSA) is 41.1 Å².